The summed E-state index contributed by atoms with van der Waals surface area (Å²) in [4.78, 5) is 2.35. The summed E-state index contributed by atoms with van der Waals surface area (Å²) >= 11 is 2.48. The zero-order valence-corrected chi connectivity index (χ0v) is 14.1. The molecule has 0 bridgehead atoms. The fourth-order valence-electron chi connectivity index (χ4n) is 2.90. The topological polar surface area (TPSA) is 3.24 Å². The van der Waals surface area contributed by atoms with Crippen molar-refractivity contribution in [3.63, 3.8) is 0 Å². The Morgan fingerprint density at radius 3 is 2.50 bits per heavy atom. The molecule has 0 fully saturated rings. The lowest BCUT2D eigenvalue weighted by Gasteiger charge is -2.35. The number of allylic oxidation sites excluding steroid dienone is 1. The van der Waals surface area contributed by atoms with E-state index in [4.69, 9.17) is 0 Å². The predicted molar refractivity (Wildman–Crippen MR) is 87.7 cm³/mol. The van der Waals surface area contributed by atoms with Gasteiger partial charge in [0, 0.05) is 16.8 Å². The van der Waals surface area contributed by atoms with E-state index in [1.54, 1.807) is 5.56 Å². The van der Waals surface area contributed by atoms with Gasteiger partial charge < -0.3 is 4.90 Å². The number of nitrogens with zero attached hydrogens (tertiary/aromatic N) is 1. The smallest absolute Gasteiger partial charge is 0.0514 e. The molecule has 0 aliphatic carbocycles. The Balaban J connectivity index is 2.78. The lowest BCUT2D eigenvalue weighted by molar-refractivity contribution is 0.353. The molecule has 0 aromatic heterocycles. The Labute approximate surface area is 124 Å². The molecule has 18 heavy (non-hydrogen) atoms. The zero-order valence-electron chi connectivity index (χ0n) is 12.0. The Morgan fingerprint density at radius 2 is 1.94 bits per heavy atom. The summed E-state index contributed by atoms with van der Waals surface area (Å²) < 4.78 is 1.40. The molecule has 0 saturated heterocycles. The molecule has 2 heteroatoms. The fourth-order valence-corrected chi connectivity index (χ4v) is 3.56. The van der Waals surface area contributed by atoms with Gasteiger partial charge in [-0.15, -0.1) is 0 Å². The monoisotopic (exact) mass is 355 g/mol. The van der Waals surface area contributed by atoms with Crippen LogP contribution < -0.4 is 0 Å². The third-order valence-electron chi connectivity index (χ3n) is 4.12. The van der Waals surface area contributed by atoms with Gasteiger partial charge in [-0.2, -0.15) is 0 Å². The molecular formula is C16H22IN. The number of hydrogen-bond donors (Lipinski definition) is 0. The molecule has 2 rings (SSSR count). The summed E-state index contributed by atoms with van der Waals surface area (Å²) in [6, 6.07) is 2.85. The van der Waals surface area contributed by atoms with Gasteiger partial charge in [-0.25, -0.2) is 0 Å². The number of fused-ring (bicyclic) bond motifs is 1. The van der Waals surface area contributed by atoms with Crippen LogP contribution in [0.2, 0.25) is 0 Å². The Hall–Kier alpha value is -0.510. The SMILES string of the molecule is CCC1=CN(C)C(C)c2c(C)c(I)cc(CC)c21. The third kappa shape index (κ3) is 2.09. The van der Waals surface area contributed by atoms with Gasteiger partial charge in [-0.05, 0) is 83.2 Å². The molecular weight excluding hydrogens is 333 g/mol. The summed E-state index contributed by atoms with van der Waals surface area (Å²) in [5.74, 6) is 0. The lowest BCUT2D eigenvalue weighted by atomic mass is 9.84. The molecule has 1 aromatic rings. The van der Waals surface area contributed by atoms with E-state index in [0.717, 1.165) is 12.8 Å². The second-order valence-corrected chi connectivity index (χ2v) is 6.30. The highest BCUT2D eigenvalue weighted by Gasteiger charge is 2.26. The van der Waals surface area contributed by atoms with Gasteiger partial charge in [0.25, 0.3) is 0 Å². The first-order valence-electron chi connectivity index (χ1n) is 6.76. The van der Waals surface area contributed by atoms with Crippen LogP contribution in [0, 0.1) is 10.5 Å². The first-order valence-corrected chi connectivity index (χ1v) is 7.83. The molecule has 0 N–H and O–H groups in total. The summed E-state index contributed by atoms with van der Waals surface area (Å²) in [5.41, 5.74) is 7.53. The maximum atomic E-state index is 2.48. The Bertz CT molecular complexity index is 502. The van der Waals surface area contributed by atoms with Crippen LogP contribution in [0.4, 0.5) is 0 Å². The second kappa shape index (κ2) is 5.24. The number of aryl methyl sites for hydroxylation is 1. The largest absolute Gasteiger partial charge is 0.373 e. The minimum absolute atomic E-state index is 0.482. The van der Waals surface area contributed by atoms with Crippen molar-refractivity contribution >= 4 is 28.2 Å². The average molecular weight is 355 g/mol. The highest BCUT2D eigenvalue weighted by Crippen LogP contribution is 2.40. The second-order valence-electron chi connectivity index (χ2n) is 5.13. The summed E-state index contributed by atoms with van der Waals surface area (Å²) in [6.07, 6.45) is 4.56. The Morgan fingerprint density at radius 1 is 1.28 bits per heavy atom. The fraction of sp³-hybridized carbons (Fsp3) is 0.500. The number of benzene rings is 1. The van der Waals surface area contributed by atoms with E-state index in [-0.39, 0.29) is 0 Å². The van der Waals surface area contributed by atoms with E-state index in [2.05, 4.69) is 74.5 Å². The van der Waals surface area contributed by atoms with E-state index in [9.17, 15) is 0 Å². The molecule has 0 amide bonds. The van der Waals surface area contributed by atoms with Crippen molar-refractivity contribution in [2.75, 3.05) is 7.05 Å². The molecule has 1 unspecified atom stereocenters. The molecule has 0 saturated carbocycles. The maximum absolute atomic E-state index is 2.48. The van der Waals surface area contributed by atoms with E-state index in [1.807, 2.05) is 0 Å². The summed E-state index contributed by atoms with van der Waals surface area (Å²) in [5, 5.41) is 0. The van der Waals surface area contributed by atoms with E-state index < -0.39 is 0 Å². The van der Waals surface area contributed by atoms with Gasteiger partial charge in [-0.1, -0.05) is 13.8 Å². The number of halogens is 1. The summed E-state index contributed by atoms with van der Waals surface area (Å²) in [6.45, 7) is 9.09. The van der Waals surface area contributed by atoms with Gasteiger partial charge in [0.1, 0.15) is 0 Å². The molecule has 1 atom stereocenters. The average Bonchev–Trinajstić information content (AvgIpc) is 2.36. The minimum Gasteiger partial charge on any atom is -0.373 e. The van der Waals surface area contributed by atoms with E-state index in [1.165, 1.54) is 25.8 Å². The van der Waals surface area contributed by atoms with Crippen LogP contribution in [-0.4, -0.2) is 11.9 Å². The number of rotatable bonds is 2. The molecule has 1 aliphatic rings. The highest BCUT2D eigenvalue weighted by molar-refractivity contribution is 14.1. The van der Waals surface area contributed by atoms with Crippen LogP contribution >= 0.6 is 22.6 Å². The first kappa shape index (κ1) is 13.9. The van der Waals surface area contributed by atoms with Crippen LogP contribution in [0.15, 0.2) is 12.3 Å². The third-order valence-corrected chi connectivity index (χ3v) is 5.25. The van der Waals surface area contributed by atoms with Crippen LogP contribution in [0.1, 0.15) is 55.5 Å². The predicted octanol–water partition coefficient (Wildman–Crippen LogP) is 4.92. The van der Waals surface area contributed by atoms with Gasteiger partial charge >= 0.3 is 0 Å². The molecule has 98 valence electrons. The maximum Gasteiger partial charge on any atom is 0.0514 e. The lowest BCUT2D eigenvalue weighted by Crippen LogP contribution is -2.24. The van der Waals surface area contributed by atoms with Crippen LogP contribution in [0.5, 0.6) is 0 Å². The van der Waals surface area contributed by atoms with Gasteiger partial charge in [0.05, 0.1) is 6.04 Å². The van der Waals surface area contributed by atoms with Crippen LogP contribution in [0.25, 0.3) is 5.57 Å². The standard InChI is InChI=1S/C16H22IN/c1-6-12-8-14(17)10(3)15-11(4)18(5)9-13(7-2)16(12)15/h8-9,11H,6-7H2,1-5H3. The minimum atomic E-state index is 0.482. The van der Waals surface area contributed by atoms with Crippen LogP contribution in [-0.2, 0) is 6.42 Å². The van der Waals surface area contributed by atoms with Gasteiger partial charge in [0.15, 0.2) is 0 Å². The molecule has 1 heterocycles. The summed E-state index contributed by atoms with van der Waals surface area (Å²) in [7, 11) is 2.19. The van der Waals surface area contributed by atoms with Crippen molar-refractivity contribution in [1.29, 1.82) is 0 Å². The Kier molecular flexibility index (Phi) is 4.05. The van der Waals surface area contributed by atoms with Crippen LogP contribution in [0.3, 0.4) is 0 Å². The quantitative estimate of drug-likeness (QED) is 0.681. The molecule has 0 radical (unpaired) electrons. The van der Waals surface area contributed by atoms with Crippen molar-refractivity contribution in [1.82, 2.24) is 4.90 Å². The van der Waals surface area contributed by atoms with Gasteiger partial charge in [-0.3, -0.25) is 0 Å². The zero-order chi connectivity index (χ0) is 13.4. The van der Waals surface area contributed by atoms with Crippen molar-refractivity contribution < 1.29 is 0 Å². The normalized spacial score (nSPS) is 18.7. The molecule has 1 aliphatic heterocycles. The van der Waals surface area contributed by atoms with Crippen molar-refractivity contribution in [2.24, 2.45) is 0 Å². The van der Waals surface area contributed by atoms with Crippen molar-refractivity contribution in [2.45, 2.75) is 46.6 Å². The number of hydrogen-bond acceptors (Lipinski definition) is 1. The molecule has 0 spiro atoms. The van der Waals surface area contributed by atoms with Crippen molar-refractivity contribution in [3.8, 4) is 0 Å². The highest BCUT2D eigenvalue weighted by atomic mass is 127. The molecule has 1 aromatic carbocycles. The van der Waals surface area contributed by atoms with E-state index in [0.29, 0.717) is 6.04 Å². The first-order chi connectivity index (χ1) is 8.51. The van der Waals surface area contributed by atoms with Crippen molar-refractivity contribution in [3.05, 3.63) is 38.1 Å². The molecule has 1 nitrogen and oxygen atoms in total. The van der Waals surface area contributed by atoms with E-state index >= 15 is 0 Å². The van der Waals surface area contributed by atoms with Gasteiger partial charge in [0.2, 0.25) is 0 Å².